The van der Waals surface area contributed by atoms with E-state index >= 15 is 0 Å². The van der Waals surface area contributed by atoms with Crippen molar-refractivity contribution >= 4 is 33.3 Å². The number of hydrogen-bond acceptors (Lipinski definition) is 2. The molecule has 0 saturated carbocycles. The molecule has 4 aromatic rings. The number of hydrogen-bond donors (Lipinski definition) is 2. The van der Waals surface area contributed by atoms with Crippen molar-refractivity contribution in [2.45, 2.75) is 12.5 Å². The third-order valence-electron chi connectivity index (χ3n) is 4.87. The van der Waals surface area contributed by atoms with Gasteiger partial charge < -0.3 is 15.6 Å². The highest BCUT2D eigenvalue weighted by Crippen LogP contribution is 2.26. The molecule has 0 aliphatic rings. The highest BCUT2D eigenvalue weighted by Gasteiger charge is 2.19. The standard InChI is InChI=1S/C22H21N3O/c1-25-14-16(18-10-4-5-12-21(18)25)13-20(22(23)26)24-19-11-6-8-15-7-2-3-9-17(15)19/h2-12,14,20,24H,13H2,1H3,(H2,23,26). The van der Waals surface area contributed by atoms with Crippen LogP contribution in [0.3, 0.4) is 0 Å². The Kier molecular flexibility index (Phi) is 4.09. The van der Waals surface area contributed by atoms with Crippen molar-refractivity contribution in [2.24, 2.45) is 12.8 Å². The average Bonchev–Trinajstić information content (AvgIpc) is 2.97. The number of fused-ring (bicyclic) bond motifs is 2. The van der Waals surface area contributed by atoms with Crippen LogP contribution in [0.4, 0.5) is 5.69 Å². The molecule has 4 heteroatoms. The summed E-state index contributed by atoms with van der Waals surface area (Å²) in [6, 6.07) is 21.9. The third-order valence-corrected chi connectivity index (χ3v) is 4.87. The first-order valence-corrected chi connectivity index (χ1v) is 8.70. The van der Waals surface area contributed by atoms with E-state index in [0.717, 1.165) is 32.9 Å². The van der Waals surface area contributed by atoms with Crippen LogP contribution >= 0.6 is 0 Å². The number of aryl methyl sites for hydroxylation is 1. The molecule has 26 heavy (non-hydrogen) atoms. The average molecular weight is 343 g/mol. The Bertz CT molecular complexity index is 1090. The van der Waals surface area contributed by atoms with Crippen LogP contribution in [0, 0.1) is 0 Å². The zero-order valence-electron chi connectivity index (χ0n) is 14.6. The van der Waals surface area contributed by atoms with Crippen molar-refractivity contribution in [1.82, 2.24) is 4.57 Å². The molecule has 1 heterocycles. The molecule has 3 aromatic carbocycles. The minimum Gasteiger partial charge on any atom is -0.373 e. The molecule has 4 nitrogen and oxygen atoms in total. The first-order valence-electron chi connectivity index (χ1n) is 8.70. The topological polar surface area (TPSA) is 60.1 Å². The highest BCUT2D eigenvalue weighted by molar-refractivity contribution is 5.96. The van der Waals surface area contributed by atoms with Gasteiger partial charge in [0.1, 0.15) is 6.04 Å². The predicted molar refractivity (Wildman–Crippen MR) is 107 cm³/mol. The molecule has 1 atom stereocenters. The first-order chi connectivity index (χ1) is 12.6. The van der Waals surface area contributed by atoms with E-state index in [1.165, 1.54) is 0 Å². The van der Waals surface area contributed by atoms with E-state index < -0.39 is 6.04 Å². The van der Waals surface area contributed by atoms with E-state index in [2.05, 4.69) is 40.3 Å². The number of primary amides is 1. The molecule has 130 valence electrons. The molecular weight excluding hydrogens is 322 g/mol. The minimum atomic E-state index is -0.480. The molecule has 3 N–H and O–H groups in total. The molecule has 0 aliphatic heterocycles. The Labute approximate surface area is 152 Å². The smallest absolute Gasteiger partial charge is 0.240 e. The number of benzene rings is 3. The molecular formula is C22H21N3O. The Morgan fingerprint density at radius 3 is 2.50 bits per heavy atom. The van der Waals surface area contributed by atoms with E-state index in [-0.39, 0.29) is 5.91 Å². The van der Waals surface area contributed by atoms with E-state index in [1.54, 1.807) is 0 Å². The lowest BCUT2D eigenvalue weighted by atomic mass is 10.0. The van der Waals surface area contributed by atoms with Crippen molar-refractivity contribution < 1.29 is 4.79 Å². The molecule has 0 aliphatic carbocycles. The van der Waals surface area contributed by atoms with Crippen LogP contribution in [-0.4, -0.2) is 16.5 Å². The zero-order valence-corrected chi connectivity index (χ0v) is 14.6. The van der Waals surface area contributed by atoms with Crippen LogP contribution < -0.4 is 11.1 Å². The van der Waals surface area contributed by atoms with Gasteiger partial charge in [0.2, 0.25) is 5.91 Å². The van der Waals surface area contributed by atoms with Gasteiger partial charge in [-0.05, 0) is 23.1 Å². The summed E-state index contributed by atoms with van der Waals surface area (Å²) in [7, 11) is 2.02. The van der Waals surface area contributed by atoms with Gasteiger partial charge in [-0.15, -0.1) is 0 Å². The lowest BCUT2D eigenvalue weighted by molar-refractivity contribution is -0.118. The second-order valence-electron chi connectivity index (χ2n) is 6.61. The van der Waals surface area contributed by atoms with Gasteiger partial charge >= 0.3 is 0 Å². The van der Waals surface area contributed by atoms with Gasteiger partial charge in [0.25, 0.3) is 0 Å². The summed E-state index contributed by atoms with van der Waals surface area (Å²) in [5.74, 6) is -0.356. The van der Waals surface area contributed by atoms with Crippen molar-refractivity contribution in [2.75, 3.05) is 5.32 Å². The van der Waals surface area contributed by atoms with E-state index in [4.69, 9.17) is 5.73 Å². The van der Waals surface area contributed by atoms with Crippen molar-refractivity contribution in [3.63, 3.8) is 0 Å². The minimum absolute atomic E-state index is 0.356. The van der Waals surface area contributed by atoms with E-state index in [1.807, 2.05) is 49.5 Å². The van der Waals surface area contributed by atoms with Gasteiger partial charge in [-0.3, -0.25) is 4.79 Å². The second kappa shape index (κ2) is 6.56. The van der Waals surface area contributed by atoms with Gasteiger partial charge in [-0.25, -0.2) is 0 Å². The Morgan fingerprint density at radius 1 is 1.00 bits per heavy atom. The first kappa shape index (κ1) is 16.2. The summed E-state index contributed by atoms with van der Waals surface area (Å²) in [5, 5.41) is 6.73. The number of anilines is 1. The number of nitrogens with two attached hydrogens (primary N) is 1. The normalized spacial score (nSPS) is 12.3. The Balaban J connectivity index is 1.69. The van der Waals surface area contributed by atoms with E-state index in [0.29, 0.717) is 6.42 Å². The molecule has 4 rings (SSSR count). The molecule has 0 fully saturated rings. The summed E-state index contributed by atoms with van der Waals surface area (Å²) in [6.07, 6.45) is 2.62. The molecule has 0 bridgehead atoms. The fourth-order valence-corrected chi connectivity index (χ4v) is 3.57. The van der Waals surface area contributed by atoms with Gasteiger partial charge in [0.15, 0.2) is 0 Å². The SMILES string of the molecule is Cn1cc(CC(Nc2cccc3ccccc23)C(N)=O)c2ccccc21. The molecule has 1 unspecified atom stereocenters. The number of rotatable bonds is 5. The lowest BCUT2D eigenvalue weighted by Crippen LogP contribution is -2.37. The summed E-state index contributed by atoms with van der Waals surface area (Å²) < 4.78 is 2.08. The number of para-hydroxylation sites is 1. The number of amides is 1. The number of nitrogens with zero attached hydrogens (tertiary/aromatic N) is 1. The van der Waals surface area contributed by atoms with Gasteiger partial charge in [0.05, 0.1) is 0 Å². The van der Waals surface area contributed by atoms with Crippen LogP contribution in [0.25, 0.3) is 21.7 Å². The van der Waals surface area contributed by atoms with Crippen molar-refractivity contribution in [1.29, 1.82) is 0 Å². The molecule has 0 radical (unpaired) electrons. The highest BCUT2D eigenvalue weighted by atomic mass is 16.1. The molecule has 0 saturated heterocycles. The number of nitrogens with one attached hydrogen (secondary N) is 1. The lowest BCUT2D eigenvalue weighted by Gasteiger charge is -2.18. The summed E-state index contributed by atoms with van der Waals surface area (Å²) >= 11 is 0. The van der Waals surface area contributed by atoms with Crippen LogP contribution in [0.5, 0.6) is 0 Å². The summed E-state index contributed by atoms with van der Waals surface area (Å²) in [4.78, 5) is 12.1. The number of aromatic nitrogens is 1. The molecule has 1 aromatic heterocycles. The maximum absolute atomic E-state index is 12.1. The maximum atomic E-state index is 12.1. The fourth-order valence-electron chi connectivity index (χ4n) is 3.57. The number of carbonyl (C=O) groups is 1. The summed E-state index contributed by atoms with van der Waals surface area (Å²) in [6.45, 7) is 0. The maximum Gasteiger partial charge on any atom is 0.240 e. The zero-order chi connectivity index (χ0) is 18.1. The van der Waals surface area contributed by atoms with Gasteiger partial charge in [-0.1, -0.05) is 54.6 Å². The van der Waals surface area contributed by atoms with E-state index in [9.17, 15) is 4.79 Å². The quantitative estimate of drug-likeness (QED) is 0.578. The van der Waals surface area contributed by atoms with Crippen LogP contribution in [0.15, 0.2) is 72.9 Å². The molecule has 0 spiro atoms. The van der Waals surface area contributed by atoms with Crippen molar-refractivity contribution in [3.8, 4) is 0 Å². The van der Waals surface area contributed by atoms with Gasteiger partial charge in [-0.2, -0.15) is 0 Å². The predicted octanol–water partition coefficient (Wildman–Crippen LogP) is 3.84. The largest absolute Gasteiger partial charge is 0.373 e. The fraction of sp³-hybridized carbons (Fsp3) is 0.136. The monoisotopic (exact) mass is 343 g/mol. The Hall–Kier alpha value is -3.27. The molecule has 1 amide bonds. The number of carbonyl (C=O) groups excluding carboxylic acids is 1. The van der Waals surface area contributed by atoms with Gasteiger partial charge in [0, 0.05) is 41.6 Å². The van der Waals surface area contributed by atoms with Crippen LogP contribution in [0.1, 0.15) is 5.56 Å². The van der Waals surface area contributed by atoms with Crippen LogP contribution in [0.2, 0.25) is 0 Å². The Morgan fingerprint density at radius 2 is 1.69 bits per heavy atom. The summed E-state index contributed by atoms with van der Waals surface area (Å²) in [5.41, 5.74) is 8.90. The third kappa shape index (κ3) is 2.90. The van der Waals surface area contributed by atoms with Crippen LogP contribution in [-0.2, 0) is 18.3 Å². The second-order valence-corrected chi connectivity index (χ2v) is 6.61. The van der Waals surface area contributed by atoms with Crippen molar-refractivity contribution in [3.05, 3.63) is 78.5 Å².